The Hall–Kier alpha value is -1.72. The predicted octanol–water partition coefficient (Wildman–Crippen LogP) is 0.563. The first kappa shape index (κ1) is 13.7. The predicted molar refractivity (Wildman–Crippen MR) is 73.0 cm³/mol. The number of hydrogen-bond donors (Lipinski definition) is 1. The van der Waals surface area contributed by atoms with E-state index in [1.807, 2.05) is 7.05 Å². The molecule has 2 amide bonds. The van der Waals surface area contributed by atoms with Gasteiger partial charge in [-0.3, -0.25) is 14.5 Å². The smallest absolute Gasteiger partial charge is 0.261 e. The summed E-state index contributed by atoms with van der Waals surface area (Å²) in [6.45, 7) is 2.72. The SMILES string of the molecule is CN(CCN)CCCN1C(=O)c2ccccc2C1=O. The van der Waals surface area contributed by atoms with E-state index in [9.17, 15) is 9.59 Å². The number of hydrogen-bond acceptors (Lipinski definition) is 4. The Morgan fingerprint density at radius 1 is 1.11 bits per heavy atom. The Morgan fingerprint density at radius 3 is 2.21 bits per heavy atom. The van der Waals surface area contributed by atoms with E-state index >= 15 is 0 Å². The van der Waals surface area contributed by atoms with Gasteiger partial charge < -0.3 is 10.6 Å². The molecule has 102 valence electrons. The molecule has 5 nitrogen and oxygen atoms in total. The number of fused-ring (bicyclic) bond motifs is 1. The summed E-state index contributed by atoms with van der Waals surface area (Å²) in [4.78, 5) is 27.6. The van der Waals surface area contributed by atoms with Crippen molar-refractivity contribution in [3.8, 4) is 0 Å². The molecule has 0 radical (unpaired) electrons. The number of nitrogens with zero attached hydrogens (tertiary/aromatic N) is 2. The van der Waals surface area contributed by atoms with Crippen LogP contribution in [0.5, 0.6) is 0 Å². The second-order valence-corrected chi connectivity index (χ2v) is 4.75. The Kier molecular flexibility index (Phi) is 4.29. The van der Waals surface area contributed by atoms with E-state index in [2.05, 4.69) is 4.90 Å². The van der Waals surface area contributed by atoms with Crippen molar-refractivity contribution in [1.29, 1.82) is 0 Å². The lowest BCUT2D eigenvalue weighted by Crippen LogP contribution is -2.33. The molecule has 2 N–H and O–H groups in total. The summed E-state index contributed by atoms with van der Waals surface area (Å²) >= 11 is 0. The fourth-order valence-electron chi connectivity index (χ4n) is 2.27. The summed E-state index contributed by atoms with van der Waals surface area (Å²) < 4.78 is 0. The Labute approximate surface area is 113 Å². The van der Waals surface area contributed by atoms with Crippen molar-refractivity contribution in [2.24, 2.45) is 5.73 Å². The first-order chi connectivity index (χ1) is 9.15. The van der Waals surface area contributed by atoms with Crippen LogP contribution in [0.4, 0.5) is 0 Å². The van der Waals surface area contributed by atoms with Gasteiger partial charge in [0.25, 0.3) is 11.8 Å². The van der Waals surface area contributed by atoms with Gasteiger partial charge in [-0.1, -0.05) is 12.1 Å². The summed E-state index contributed by atoms with van der Waals surface area (Å²) in [6, 6.07) is 6.97. The molecule has 1 heterocycles. The maximum Gasteiger partial charge on any atom is 0.261 e. The van der Waals surface area contributed by atoms with E-state index in [1.165, 1.54) is 4.90 Å². The zero-order chi connectivity index (χ0) is 13.8. The fraction of sp³-hybridized carbons (Fsp3) is 0.429. The third kappa shape index (κ3) is 2.83. The summed E-state index contributed by atoms with van der Waals surface area (Å²) in [5.41, 5.74) is 6.50. The second-order valence-electron chi connectivity index (χ2n) is 4.75. The topological polar surface area (TPSA) is 66.6 Å². The zero-order valence-corrected chi connectivity index (χ0v) is 11.1. The molecule has 0 saturated heterocycles. The molecule has 0 bridgehead atoms. The normalized spacial score (nSPS) is 14.4. The Balaban J connectivity index is 1.93. The molecule has 0 unspecified atom stereocenters. The number of benzene rings is 1. The molecule has 2 rings (SSSR count). The molecular formula is C14H19N3O2. The van der Waals surface area contributed by atoms with Gasteiger partial charge in [-0.25, -0.2) is 0 Å². The molecule has 0 fully saturated rings. The minimum atomic E-state index is -0.179. The molecule has 0 aliphatic carbocycles. The van der Waals surface area contributed by atoms with Crippen LogP contribution in [0.25, 0.3) is 0 Å². The Morgan fingerprint density at radius 2 is 1.68 bits per heavy atom. The lowest BCUT2D eigenvalue weighted by molar-refractivity contribution is 0.0648. The molecule has 0 spiro atoms. The van der Waals surface area contributed by atoms with Crippen molar-refractivity contribution < 1.29 is 9.59 Å². The molecule has 0 saturated carbocycles. The van der Waals surface area contributed by atoms with Crippen LogP contribution in [0, 0.1) is 0 Å². The summed E-state index contributed by atoms with van der Waals surface area (Å²) in [5.74, 6) is -0.357. The van der Waals surface area contributed by atoms with E-state index in [0.717, 1.165) is 19.5 Å². The number of rotatable bonds is 6. The maximum atomic E-state index is 12.1. The standard InChI is InChI=1S/C14H19N3O2/c1-16(10-7-15)8-4-9-17-13(18)11-5-2-3-6-12(11)14(17)19/h2-3,5-6H,4,7-10,15H2,1H3. The minimum Gasteiger partial charge on any atom is -0.329 e. The van der Waals surface area contributed by atoms with Crippen molar-refractivity contribution in [3.63, 3.8) is 0 Å². The number of carbonyl (C=O) groups is 2. The molecule has 1 aromatic rings. The van der Waals surface area contributed by atoms with Crippen LogP contribution >= 0.6 is 0 Å². The van der Waals surface area contributed by atoms with Gasteiger partial charge in [-0.15, -0.1) is 0 Å². The van der Waals surface area contributed by atoms with E-state index in [1.54, 1.807) is 24.3 Å². The van der Waals surface area contributed by atoms with Gasteiger partial charge in [0, 0.05) is 19.6 Å². The number of nitrogens with two attached hydrogens (primary N) is 1. The summed E-state index contributed by atoms with van der Waals surface area (Å²) in [5, 5.41) is 0. The van der Waals surface area contributed by atoms with Gasteiger partial charge >= 0.3 is 0 Å². The van der Waals surface area contributed by atoms with E-state index in [4.69, 9.17) is 5.73 Å². The average Bonchev–Trinajstić information content (AvgIpc) is 2.65. The number of imide groups is 1. The Bertz CT molecular complexity index is 452. The van der Waals surface area contributed by atoms with E-state index < -0.39 is 0 Å². The highest BCUT2D eigenvalue weighted by Gasteiger charge is 2.34. The van der Waals surface area contributed by atoms with Crippen LogP contribution in [-0.4, -0.2) is 54.8 Å². The van der Waals surface area contributed by atoms with Gasteiger partial charge in [0.2, 0.25) is 0 Å². The number of amides is 2. The maximum absolute atomic E-state index is 12.1. The second kappa shape index (κ2) is 5.95. The molecular weight excluding hydrogens is 242 g/mol. The molecule has 1 aliphatic rings. The molecule has 19 heavy (non-hydrogen) atoms. The van der Waals surface area contributed by atoms with Gasteiger partial charge in [0.05, 0.1) is 11.1 Å². The molecule has 1 aliphatic heterocycles. The number of likely N-dealkylation sites (N-methyl/N-ethyl adjacent to an activating group) is 1. The third-order valence-electron chi connectivity index (χ3n) is 3.31. The molecule has 0 atom stereocenters. The van der Waals surface area contributed by atoms with Crippen LogP contribution in [0.3, 0.4) is 0 Å². The fourth-order valence-corrected chi connectivity index (χ4v) is 2.27. The highest BCUT2D eigenvalue weighted by Crippen LogP contribution is 2.22. The van der Waals surface area contributed by atoms with Crippen molar-refractivity contribution in [3.05, 3.63) is 35.4 Å². The molecule has 1 aromatic carbocycles. The van der Waals surface area contributed by atoms with Crippen molar-refractivity contribution in [2.75, 3.05) is 33.2 Å². The van der Waals surface area contributed by atoms with Gasteiger partial charge in [-0.2, -0.15) is 0 Å². The first-order valence-electron chi connectivity index (χ1n) is 6.49. The van der Waals surface area contributed by atoms with Crippen molar-refractivity contribution in [1.82, 2.24) is 9.80 Å². The van der Waals surface area contributed by atoms with E-state index in [0.29, 0.717) is 24.2 Å². The van der Waals surface area contributed by atoms with Gasteiger partial charge in [0.1, 0.15) is 0 Å². The zero-order valence-electron chi connectivity index (χ0n) is 11.1. The lowest BCUT2D eigenvalue weighted by Gasteiger charge is -2.18. The number of carbonyl (C=O) groups excluding carboxylic acids is 2. The average molecular weight is 261 g/mol. The summed E-state index contributed by atoms with van der Waals surface area (Å²) in [7, 11) is 1.98. The van der Waals surface area contributed by atoms with Crippen molar-refractivity contribution in [2.45, 2.75) is 6.42 Å². The molecule has 5 heteroatoms. The van der Waals surface area contributed by atoms with Gasteiger partial charge in [0.15, 0.2) is 0 Å². The minimum absolute atomic E-state index is 0.179. The first-order valence-corrected chi connectivity index (χ1v) is 6.49. The van der Waals surface area contributed by atoms with Gasteiger partial charge in [-0.05, 0) is 32.1 Å². The summed E-state index contributed by atoms with van der Waals surface area (Å²) in [6.07, 6.45) is 0.766. The van der Waals surface area contributed by atoms with Crippen LogP contribution < -0.4 is 5.73 Å². The van der Waals surface area contributed by atoms with Crippen LogP contribution in [0.1, 0.15) is 27.1 Å². The largest absolute Gasteiger partial charge is 0.329 e. The van der Waals surface area contributed by atoms with Crippen LogP contribution in [0.15, 0.2) is 24.3 Å². The van der Waals surface area contributed by atoms with E-state index in [-0.39, 0.29) is 11.8 Å². The highest BCUT2D eigenvalue weighted by molar-refractivity contribution is 6.21. The van der Waals surface area contributed by atoms with Crippen molar-refractivity contribution >= 4 is 11.8 Å². The quantitative estimate of drug-likeness (QED) is 0.760. The molecule has 0 aromatic heterocycles. The van der Waals surface area contributed by atoms with Crippen LogP contribution in [-0.2, 0) is 0 Å². The van der Waals surface area contributed by atoms with Crippen LogP contribution in [0.2, 0.25) is 0 Å². The monoisotopic (exact) mass is 261 g/mol. The highest BCUT2D eigenvalue weighted by atomic mass is 16.2. The lowest BCUT2D eigenvalue weighted by atomic mass is 10.1. The third-order valence-corrected chi connectivity index (χ3v) is 3.31.